The molecule has 2 aromatic rings. The van der Waals surface area contributed by atoms with Crippen molar-refractivity contribution in [2.24, 2.45) is 0 Å². The molecule has 1 aromatic carbocycles. The van der Waals surface area contributed by atoms with E-state index in [2.05, 4.69) is 49.6 Å². The van der Waals surface area contributed by atoms with Crippen molar-refractivity contribution in [3.05, 3.63) is 47.4 Å². The Hall–Kier alpha value is -1.77. The van der Waals surface area contributed by atoms with Gasteiger partial charge in [-0.1, -0.05) is 37.3 Å². The molecule has 0 bridgehead atoms. The first-order valence-electron chi connectivity index (χ1n) is 7.52. The second-order valence-electron chi connectivity index (χ2n) is 5.56. The molecular formula is C17H25N3. The Labute approximate surface area is 121 Å². The molecule has 0 radical (unpaired) electrons. The van der Waals surface area contributed by atoms with Gasteiger partial charge in [-0.2, -0.15) is 0 Å². The van der Waals surface area contributed by atoms with Crippen molar-refractivity contribution in [1.29, 1.82) is 0 Å². The van der Waals surface area contributed by atoms with Gasteiger partial charge in [0.25, 0.3) is 0 Å². The first-order valence-corrected chi connectivity index (χ1v) is 7.52. The van der Waals surface area contributed by atoms with Gasteiger partial charge in [-0.3, -0.25) is 0 Å². The lowest BCUT2D eigenvalue weighted by Gasteiger charge is -2.13. The molecule has 0 aliphatic rings. The van der Waals surface area contributed by atoms with Crippen LogP contribution in [0.15, 0.2) is 30.3 Å². The number of hydrogen-bond acceptors (Lipinski definition) is 2. The van der Waals surface area contributed by atoms with Crippen molar-refractivity contribution in [3.8, 4) is 0 Å². The van der Waals surface area contributed by atoms with E-state index < -0.39 is 0 Å². The molecule has 1 heterocycles. The third-order valence-electron chi connectivity index (χ3n) is 3.58. The standard InChI is InChI=1S/C17H25N3/c1-4-8-16-19-15(17(18)20(16)13(2)3)12-11-14-9-6-5-7-10-14/h5-7,9-10,13H,4,8,11-12,18H2,1-3H3. The molecule has 0 fully saturated rings. The Kier molecular flexibility index (Phi) is 4.83. The SMILES string of the molecule is CCCc1nc(CCc2ccccc2)c(N)n1C(C)C. The zero-order chi connectivity index (χ0) is 14.5. The Balaban J connectivity index is 2.17. The molecule has 3 nitrogen and oxygen atoms in total. The first-order chi connectivity index (χ1) is 9.63. The second kappa shape index (κ2) is 6.60. The van der Waals surface area contributed by atoms with Crippen molar-refractivity contribution in [2.45, 2.75) is 52.5 Å². The first kappa shape index (κ1) is 14.6. The summed E-state index contributed by atoms with van der Waals surface area (Å²) >= 11 is 0. The van der Waals surface area contributed by atoms with Gasteiger partial charge in [0.1, 0.15) is 11.6 Å². The number of nitrogens with zero attached hydrogens (tertiary/aromatic N) is 2. The van der Waals surface area contributed by atoms with E-state index in [1.54, 1.807) is 0 Å². The molecule has 2 N–H and O–H groups in total. The minimum Gasteiger partial charge on any atom is -0.384 e. The number of aromatic nitrogens is 2. The molecule has 0 saturated carbocycles. The van der Waals surface area contributed by atoms with Crippen LogP contribution in [0.1, 0.15) is 50.3 Å². The summed E-state index contributed by atoms with van der Waals surface area (Å²) in [7, 11) is 0. The van der Waals surface area contributed by atoms with Crippen LogP contribution in [0.2, 0.25) is 0 Å². The van der Waals surface area contributed by atoms with Gasteiger partial charge in [0.05, 0.1) is 5.69 Å². The van der Waals surface area contributed by atoms with E-state index in [1.807, 2.05) is 6.07 Å². The van der Waals surface area contributed by atoms with Gasteiger partial charge in [-0.15, -0.1) is 0 Å². The van der Waals surface area contributed by atoms with E-state index >= 15 is 0 Å². The molecule has 0 saturated heterocycles. The summed E-state index contributed by atoms with van der Waals surface area (Å²) in [6.45, 7) is 6.51. The molecule has 108 valence electrons. The number of benzene rings is 1. The molecule has 0 aliphatic heterocycles. The topological polar surface area (TPSA) is 43.8 Å². The van der Waals surface area contributed by atoms with Gasteiger partial charge in [-0.05, 0) is 38.7 Å². The molecule has 2 rings (SSSR count). The normalized spacial score (nSPS) is 11.2. The monoisotopic (exact) mass is 271 g/mol. The number of imidazole rings is 1. The van der Waals surface area contributed by atoms with Gasteiger partial charge in [0, 0.05) is 12.5 Å². The van der Waals surface area contributed by atoms with Crippen LogP contribution in [0.25, 0.3) is 0 Å². The predicted molar refractivity (Wildman–Crippen MR) is 84.9 cm³/mol. The minimum atomic E-state index is 0.370. The van der Waals surface area contributed by atoms with Crippen LogP contribution in [0.5, 0.6) is 0 Å². The maximum atomic E-state index is 6.30. The van der Waals surface area contributed by atoms with Gasteiger partial charge < -0.3 is 10.3 Å². The zero-order valence-corrected chi connectivity index (χ0v) is 12.8. The van der Waals surface area contributed by atoms with Gasteiger partial charge in [0.2, 0.25) is 0 Å². The molecule has 0 amide bonds. The molecule has 0 aliphatic carbocycles. The van der Waals surface area contributed by atoms with Crippen LogP contribution in [0, 0.1) is 0 Å². The number of anilines is 1. The highest BCUT2D eigenvalue weighted by Gasteiger charge is 2.15. The molecule has 0 unspecified atom stereocenters. The summed E-state index contributed by atoms with van der Waals surface area (Å²) < 4.78 is 2.18. The van der Waals surface area contributed by atoms with E-state index in [9.17, 15) is 0 Å². The Morgan fingerprint density at radius 3 is 2.40 bits per heavy atom. The largest absolute Gasteiger partial charge is 0.384 e. The second-order valence-corrected chi connectivity index (χ2v) is 5.56. The predicted octanol–water partition coefficient (Wildman–Crippen LogP) is 3.78. The van der Waals surface area contributed by atoms with E-state index in [-0.39, 0.29) is 0 Å². The van der Waals surface area contributed by atoms with Crippen molar-refractivity contribution < 1.29 is 0 Å². The number of rotatable bonds is 6. The molecule has 0 spiro atoms. The number of nitrogens with two attached hydrogens (primary N) is 1. The minimum absolute atomic E-state index is 0.370. The Morgan fingerprint density at radius 1 is 1.10 bits per heavy atom. The third kappa shape index (κ3) is 3.21. The highest BCUT2D eigenvalue weighted by molar-refractivity contribution is 5.39. The maximum absolute atomic E-state index is 6.30. The fraction of sp³-hybridized carbons (Fsp3) is 0.471. The smallest absolute Gasteiger partial charge is 0.127 e. The lowest BCUT2D eigenvalue weighted by Crippen LogP contribution is -2.09. The van der Waals surface area contributed by atoms with Gasteiger partial charge >= 0.3 is 0 Å². The highest BCUT2D eigenvalue weighted by Crippen LogP contribution is 2.22. The number of nitrogen functional groups attached to an aromatic ring is 1. The van der Waals surface area contributed by atoms with E-state index in [0.717, 1.165) is 43.0 Å². The van der Waals surface area contributed by atoms with Crippen molar-refractivity contribution in [3.63, 3.8) is 0 Å². The van der Waals surface area contributed by atoms with Crippen LogP contribution in [-0.4, -0.2) is 9.55 Å². The van der Waals surface area contributed by atoms with E-state index in [4.69, 9.17) is 10.7 Å². The molecule has 0 atom stereocenters. The Morgan fingerprint density at radius 2 is 1.80 bits per heavy atom. The molecular weight excluding hydrogens is 246 g/mol. The van der Waals surface area contributed by atoms with Crippen LogP contribution in [-0.2, 0) is 19.3 Å². The molecule has 20 heavy (non-hydrogen) atoms. The fourth-order valence-electron chi connectivity index (χ4n) is 2.61. The summed E-state index contributed by atoms with van der Waals surface area (Å²) in [5, 5.41) is 0. The van der Waals surface area contributed by atoms with E-state index in [0.29, 0.717) is 6.04 Å². The van der Waals surface area contributed by atoms with Gasteiger partial charge in [-0.25, -0.2) is 4.98 Å². The average Bonchev–Trinajstić information content (AvgIpc) is 2.74. The summed E-state index contributed by atoms with van der Waals surface area (Å²) in [5.41, 5.74) is 8.68. The summed E-state index contributed by atoms with van der Waals surface area (Å²) in [4.78, 5) is 4.77. The van der Waals surface area contributed by atoms with Crippen molar-refractivity contribution in [1.82, 2.24) is 9.55 Å². The summed E-state index contributed by atoms with van der Waals surface area (Å²) in [5.74, 6) is 1.97. The third-order valence-corrected chi connectivity index (χ3v) is 3.58. The quantitative estimate of drug-likeness (QED) is 0.868. The molecule has 1 aromatic heterocycles. The van der Waals surface area contributed by atoms with Gasteiger partial charge in [0.15, 0.2) is 0 Å². The average molecular weight is 271 g/mol. The van der Waals surface area contributed by atoms with Crippen LogP contribution in [0.4, 0.5) is 5.82 Å². The summed E-state index contributed by atoms with van der Waals surface area (Å²) in [6, 6.07) is 10.9. The maximum Gasteiger partial charge on any atom is 0.127 e. The summed E-state index contributed by atoms with van der Waals surface area (Å²) in [6.07, 6.45) is 3.99. The lowest BCUT2D eigenvalue weighted by atomic mass is 10.1. The van der Waals surface area contributed by atoms with Crippen molar-refractivity contribution >= 4 is 5.82 Å². The number of aryl methyl sites for hydroxylation is 3. The van der Waals surface area contributed by atoms with Crippen LogP contribution >= 0.6 is 0 Å². The molecule has 3 heteroatoms. The highest BCUT2D eigenvalue weighted by atomic mass is 15.2. The lowest BCUT2D eigenvalue weighted by molar-refractivity contribution is 0.571. The Bertz CT molecular complexity index is 541. The zero-order valence-electron chi connectivity index (χ0n) is 12.8. The van der Waals surface area contributed by atoms with Crippen LogP contribution < -0.4 is 5.73 Å². The van der Waals surface area contributed by atoms with Crippen LogP contribution in [0.3, 0.4) is 0 Å². The number of hydrogen-bond donors (Lipinski definition) is 1. The van der Waals surface area contributed by atoms with E-state index in [1.165, 1.54) is 5.56 Å². The fourth-order valence-corrected chi connectivity index (χ4v) is 2.61. The van der Waals surface area contributed by atoms with Crippen molar-refractivity contribution in [2.75, 3.05) is 5.73 Å².